The fraction of sp³-hybridized carbons (Fsp3) is 0.273. The van der Waals surface area contributed by atoms with Gasteiger partial charge in [0.2, 0.25) is 0 Å². The number of rotatable bonds is 1. The second kappa shape index (κ2) is 4.59. The molecule has 80 valence electrons. The number of carbonyl (C=O) groups excluding carboxylic acids is 1. The Morgan fingerprint density at radius 2 is 2.07 bits per heavy atom. The zero-order chi connectivity index (χ0) is 11.4. The molecule has 2 aromatic heterocycles. The number of aryl methyl sites for hydroxylation is 1. The molecule has 0 aliphatic rings. The van der Waals surface area contributed by atoms with Gasteiger partial charge in [-0.25, -0.2) is 4.98 Å². The van der Waals surface area contributed by atoms with Crippen LogP contribution in [0.15, 0.2) is 24.7 Å². The first-order valence-electron chi connectivity index (χ1n) is 4.91. The predicted molar refractivity (Wildman–Crippen MR) is 59.8 cm³/mol. The lowest BCUT2D eigenvalue weighted by molar-refractivity contribution is 0.0997. The number of hydrogen-bond donors (Lipinski definition) is 1. The van der Waals surface area contributed by atoms with E-state index in [9.17, 15) is 4.79 Å². The van der Waals surface area contributed by atoms with Gasteiger partial charge in [0.15, 0.2) is 5.69 Å². The molecule has 4 heteroatoms. The maximum atomic E-state index is 10.9. The van der Waals surface area contributed by atoms with Gasteiger partial charge in [0.1, 0.15) is 6.33 Å². The second-order valence-electron chi connectivity index (χ2n) is 2.96. The molecule has 2 rings (SSSR count). The fourth-order valence-corrected chi connectivity index (χ4v) is 1.30. The third-order valence-electron chi connectivity index (χ3n) is 1.91. The van der Waals surface area contributed by atoms with Crippen LogP contribution in [0, 0.1) is 6.92 Å². The van der Waals surface area contributed by atoms with Crippen molar-refractivity contribution >= 4 is 11.4 Å². The van der Waals surface area contributed by atoms with Crippen LogP contribution in [0.2, 0.25) is 0 Å². The first kappa shape index (κ1) is 11.2. The van der Waals surface area contributed by atoms with Gasteiger partial charge in [-0.3, -0.25) is 4.79 Å². The van der Waals surface area contributed by atoms with E-state index in [1.807, 2.05) is 39.1 Å². The van der Waals surface area contributed by atoms with Crippen molar-refractivity contribution < 1.29 is 4.79 Å². The Morgan fingerprint density at radius 3 is 2.67 bits per heavy atom. The van der Waals surface area contributed by atoms with Crippen molar-refractivity contribution in [1.82, 2.24) is 9.38 Å². The lowest BCUT2D eigenvalue weighted by Crippen LogP contribution is -2.11. The number of fused-ring (bicyclic) bond motifs is 1. The summed E-state index contributed by atoms with van der Waals surface area (Å²) in [6.45, 7) is 5.98. The van der Waals surface area contributed by atoms with Crippen molar-refractivity contribution in [2.45, 2.75) is 20.8 Å². The Labute approximate surface area is 88.7 Å². The number of hydrogen-bond acceptors (Lipinski definition) is 2. The molecule has 2 N–H and O–H groups in total. The van der Waals surface area contributed by atoms with Crippen LogP contribution >= 0.6 is 0 Å². The minimum Gasteiger partial charge on any atom is -0.364 e. The summed E-state index contributed by atoms with van der Waals surface area (Å²) in [4.78, 5) is 14.8. The summed E-state index contributed by atoms with van der Waals surface area (Å²) in [5, 5.41) is 0. The molecule has 0 fully saturated rings. The monoisotopic (exact) mass is 205 g/mol. The van der Waals surface area contributed by atoms with Crippen LogP contribution in [0.4, 0.5) is 0 Å². The highest BCUT2D eigenvalue weighted by Gasteiger charge is 2.08. The third-order valence-corrected chi connectivity index (χ3v) is 1.91. The van der Waals surface area contributed by atoms with Crippen molar-refractivity contribution in [3.8, 4) is 0 Å². The van der Waals surface area contributed by atoms with Gasteiger partial charge in [-0.05, 0) is 18.6 Å². The Hall–Kier alpha value is -1.84. The zero-order valence-electron chi connectivity index (χ0n) is 9.19. The van der Waals surface area contributed by atoms with Crippen LogP contribution in [-0.2, 0) is 0 Å². The molecule has 0 bridgehead atoms. The normalized spacial score (nSPS) is 9.53. The van der Waals surface area contributed by atoms with Gasteiger partial charge in [0, 0.05) is 6.20 Å². The number of carbonyl (C=O) groups is 1. The minimum absolute atomic E-state index is 0.319. The molecule has 0 atom stereocenters. The second-order valence-corrected chi connectivity index (χ2v) is 2.96. The van der Waals surface area contributed by atoms with E-state index in [1.54, 1.807) is 10.7 Å². The van der Waals surface area contributed by atoms with Crippen molar-refractivity contribution in [2.75, 3.05) is 0 Å². The summed E-state index contributed by atoms with van der Waals surface area (Å²) in [5.41, 5.74) is 7.33. The molecule has 0 aliphatic carbocycles. The number of nitrogens with two attached hydrogens (primary N) is 1. The summed E-state index contributed by atoms with van der Waals surface area (Å²) < 4.78 is 1.79. The molecule has 15 heavy (non-hydrogen) atoms. The van der Waals surface area contributed by atoms with E-state index in [1.165, 1.54) is 0 Å². The van der Waals surface area contributed by atoms with E-state index < -0.39 is 5.91 Å². The highest BCUT2D eigenvalue weighted by Crippen LogP contribution is 2.09. The molecular formula is C11H15N3O. The summed E-state index contributed by atoms with van der Waals surface area (Å²) in [6.07, 6.45) is 3.48. The Kier molecular flexibility index (Phi) is 3.44. The number of amides is 1. The minimum atomic E-state index is -0.494. The number of pyridine rings is 1. The molecule has 0 aliphatic heterocycles. The van der Waals surface area contributed by atoms with E-state index in [0.29, 0.717) is 5.69 Å². The van der Waals surface area contributed by atoms with Gasteiger partial charge in [0.25, 0.3) is 5.91 Å². The van der Waals surface area contributed by atoms with Gasteiger partial charge in [-0.2, -0.15) is 0 Å². The van der Waals surface area contributed by atoms with Crippen LogP contribution in [0.1, 0.15) is 29.9 Å². The van der Waals surface area contributed by atoms with Crippen molar-refractivity contribution in [1.29, 1.82) is 0 Å². The van der Waals surface area contributed by atoms with Crippen LogP contribution in [0.5, 0.6) is 0 Å². The number of nitrogens with zero attached hydrogens (tertiary/aromatic N) is 2. The highest BCUT2D eigenvalue weighted by atomic mass is 16.1. The van der Waals surface area contributed by atoms with Crippen LogP contribution in [0.3, 0.4) is 0 Å². The van der Waals surface area contributed by atoms with E-state index in [0.717, 1.165) is 11.1 Å². The number of imidazole rings is 1. The average Bonchev–Trinajstić information content (AvgIpc) is 2.63. The van der Waals surface area contributed by atoms with E-state index in [-0.39, 0.29) is 0 Å². The molecule has 0 saturated carbocycles. The molecule has 0 unspecified atom stereocenters. The van der Waals surface area contributed by atoms with Gasteiger partial charge in [0.05, 0.1) is 5.52 Å². The highest BCUT2D eigenvalue weighted by molar-refractivity contribution is 5.97. The first-order valence-corrected chi connectivity index (χ1v) is 4.91. The Bertz CT molecular complexity index is 474. The van der Waals surface area contributed by atoms with Gasteiger partial charge in [-0.1, -0.05) is 19.9 Å². The molecule has 0 spiro atoms. The SMILES string of the molecule is CC.Cc1ccc2c(C(N)=O)ncn2c1. The topological polar surface area (TPSA) is 60.4 Å². The van der Waals surface area contributed by atoms with Crippen LogP contribution in [-0.4, -0.2) is 15.3 Å². The fourth-order valence-electron chi connectivity index (χ4n) is 1.30. The van der Waals surface area contributed by atoms with E-state index in [2.05, 4.69) is 4.98 Å². The number of primary amides is 1. The molecule has 4 nitrogen and oxygen atoms in total. The van der Waals surface area contributed by atoms with Crippen LogP contribution < -0.4 is 5.73 Å². The van der Waals surface area contributed by atoms with Gasteiger partial charge in [-0.15, -0.1) is 0 Å². The zero-order valence-corrected chi connectivity index (χ0v) is 9.19. The summed E-state index contributed by atoms with van der Waals surface area (Å²) in [5.74, 6) is -0.494. The molecule has 1 amide bonds. The maximum absolute atomic E-state index is 10.9. The van der Waals surface area contributed by atoms with Crippen molar-refractivity contribution in [2.24, 2.45) is 5.73 Å². The standard InChI is InChI=1S/C9H9N3O.C2H6/c1-6-2-3-7-8(9(10)13)11-5-12(7)4-6;1-2/h2-5H,1H3,(H2,10,13);1-2H3. The quantitative estimate of drug-likeness (QED) is 0.771. The summed E-state index contributed by atoms with van der Waals surface area (Å²) >= 11 is 0. The third kappa shape index (κ3) is 2.15. The largest absolute Gasteiger partial charge is 0.364 e. The van der Waals surface area contributed by atoms with E-state index >= 15 is 0 Å². The lowest BCUT2D eigenvalue weighted by atomic mass is 10.2. The smallest absolute Gasteiger partial charge is 0.269 e. The average molecular weight is 205 g/mol. The maximum Gasteiger partial charge on any atom is 0.269 e. The van der Waals surface area contributed by atoms with E-state index in [4.69, 9.17) is 5.73 Å². The molecule has 0 aromatic carbocycles. The molecular weight excluding hydrogens is 190 g/mol. The molecule has 2 heterocycles. The predicted octanol–water partition coefficient (Wildman–Crippen LogP) is 1.77. The van der Waals surface area contributed by atoms with Gasteiger partial charge >= 0.3 is 0 Å². The first-order chi connectivity index (χ1) is 7.18. The van der Waals surface area contributed by atoms with Crippen LogP contribution in [0.25, 0.3) is 5.52 Å². The number of aromatic nitrogens is 2. The molecule has 2 aromatic rings. The van der Waals surface area contributed by atoms with Gasteiger partial charge < -0.3 is 10.1 Å². The Balaban J connectivity index is 0.000000531. The molecule has 0 radical (unpaired) electrons. The molecule has 0 saturated heterocycles. The lowest BCUT2D eigenvalue weighted by Gasteiger charge is -1.95. The van der Waals surface area contributed by atoms with Crippen molar-refractivity contribution in [3.63, 3.8) is 0 Å². The Morgan fingerprint density at radius 1 is 1.40 bits per heavy atom. The van der Waals surface area contributed by atoms with Crippen molar-refractivity contribution in [3.05, 3.63) is 35.9 Å². The summed E-state index contributed by atoms with van der Waals surface area (Å²) in [7, 11) is 0. The summed E-state index contributed by atoms with van der Waals surface area (Å²) in [6, 6.07) is 3.76.